The molecular formula is C12H23N3O3. The van der Waals surface area contributed by atoms with Crippen LogP contribution in [0.15, 0.2) is 0 Å². The number of hydrogen-bond donors (Lipinski definition) is 2. The van der Waals surface area contributed by atoms with Crippen molar-refractivity contribution >= 4 is 11.8 Å². The Morgan fingerprint density at radius 2 is 2.00 bits per heavy atom. The molecule has 18 heavy (non-hydrogen) atoms. The summed E-state index contributed by atoms with van der Waals surface area (Å²) < 4.78 is 5.36. The van der Waals surface area contributed by atoms with Crippen molar-refractivity contribution in [1.29, 1.82) is 0 Å². The molecule has 2 N–H and O–H groups in total. The van der Waals surface area contributed by atoms with Gasteiger partial charge in [0.15, 0.2) is 0 Å². The second-order valence-corrected chi connectivity index (χ2v) is 4.76. The quantitative estimate of drug-likeness (QED) is 0.490. The lowest BCUT2D eigenvalue weighted by atomic mass is 10.2. The van der Waals surface area contributed by atoms with Crippen LogP contribution in [0, 0.1) is 0 Å². The van der Waals surface area contributed by atoms with Crippen LogP contribution >= 0.6 is 0 Å². The highest BCUT2D eigenvalue weighted by Gasteiger charge is 2.18. The number of rotatable bonds is 6. The topological polar surface area (TPSA) is 70.7 Å². The number of nitrogens with zero attached hydrogens (tertiary/aromatic N) is 1. The van der Waals surface area contributed by atoms with Crippen LogP contribution in [0.4, 0.5) is 0 Å². The van der Waals surface area contributed by atoms with Crippen molar-refractivity contribution in [3.63, 3.8) is 0 Å². The Kier molecular flexibility index (Phi) is 6.67. The van der Waals surface area contributed by atoms with E-state index in [-0.39, 0.29) is 6.10 Å². The van der Waals surface area contributed by atoms with E-state index in [1.807, 2.05) is 19.0 Å². The monoisotopic (exact) mass is 257 g/mol. The molecule has 1 aliphatic rings. The molecule has 0 radical (unpaired) electrons. The van der Waals surface area contributed by atoms with Gasteiger partial charge >= 0.3 is 11.8 Å². The lowest BCUT2D eigenvalue weighted by molar-refractivity contribution is -0.139. The summed E-state index contributed by atoms with van der Waals surface area (Å²) in [6, 6.07) is 0. The van der Waals surface area contributed by atoms with E-state index in [2.05, 4.69) is 10.6 Å². The third-order valence-electron chi connectivity index (χ3n) is 2.79. The molecule has 0 aromatic rings. The Bertz CT molecular complexity index is 276. The minimum atomic E-state index is -0.574. The van der Waals surface area contributed by atoms with Gasteiger partial charge in [0, 0.05) is 19.7 Å². The molecule has 0 aromatic carbocycles. The minimum Gasteiger partial charge on any atom is -0.376 e. The van der Waals surface area contributed by atoms with E-state index in [1.54, 1.807) is 0 Å². The van der Waals surface area contributed by atoms with Gasteiger partial charge in [0.2, 0.25) is 0 Å². The first kappa shape index (κ1) is 14.9. The zero-order chi connectivity index (χ0) is 13.4. The van der Waals surface area contributed by atoms with Crippen molar-refractivity contribution in [2.75, 3.05) is 40.3 Å². The van der Waals surface area contributed by atoms with E-state index < -0.39 is 11.8 Å². The molecule has 1 aliphatic heterocycles. The molecule has 0 saturated carbocycles. The van der Waals surface area contributed by atoms with Crippen LogP contribution in [0.25, 0.3) is 0 Å². The van der Waals surface area contributed by atoms with E-state index >= 15 is 0 Å². The normalized spacial score (nSPS) is 18.9. The van der Waals surface area contributed by atoms with E-state index in [9.17, 15) is 9.59 Å². The summed E-state index contributed by atoms with van der Waals surface area (Å²) in [5.41, 5.74) is 0. The van der Waals surface area contributed by atoms with Gasteiger partial charge in [-0.3, -0.25) is 9.59 Å². The van der Waals surface area contributed by atoms with Crippen molar-refractivity contribution < 1.29 is 14.3 Å². The van der Waals surface area contributed by atoms with Crippen molar-refractivity contribution in [2.45, 2.75) is 25.4 Å². The average molecular weight is 257 g/mol. The van der Waals surface area contributed by atoms with Crippen LogP contribution in [-0.4, -0.2) is 63.2 Å². The minimum absolute atomic E-state index is 0.0653. The first-order chi connectivity index (χ1) is 8.59. The van der Waals surface area contributed by atoms with Crippen LogP contribution in [0.2, 0.25) is 0 Å². The Balaban J connectivity index is 2.06. The van der Waals surface area contributed by atoms with Crippen LogP contribution in [0.5, 0.6) is 0 Å². The van der Waals surface area contributed by atoms with Gasteiger partial charge in [0.1, 0.15) is 0 Å². The van der Waals surface area contributed by atoms with Gasteiger partial charge in [-0.15, -0.1) is 0 Å². The molecule has 1 rings (SSSR count). The molecule has 2 amide bonds. The summed E-state index contributed by atoms with van der Waals surface area (Å²) in [6.07, 6.45) is 2.87. The molecule has 0 unspecified atom stereocenters. The Hall–Kier alpha value is -1.14. The van der Waals surface area contributed by atoms with E-state index in [4.69, 9.17) is 4.74 Å². The smallest absolute Gasteiger partial charge is 0.309 e. The molecule has 1 atom stereocenters. The summed E-state index contributed by atoms with van der Waals surface area (Å²) in [6.45, 7) is 2.57. The van der Waals surface area contributed by atoms with Crippen molar-refractivity contribution in [1.82, 2.24) is 15.5 Å². The predicted octanol–water partition coefficient (Wildman–Crippen LogP) is -0.650. The average Bonchev–Trinajstić information content (AvgIpc) is 2.84. The maximum Gasteiger partial charge on any atom is 0.309 e. The molecule has 0 aromatic heterocycles. The number of nitrogens with one attached hydrogen (secondary N) is 2. The number of carbonyl (C=O) groups is 2. The largest absolute Gasteiger partial charge is 0.376 e. The molecule has 6 nitrogen and oxygen atoms in total. The van der Waals surface area contributed by atoms with Gasteiger partial charge in [0.05, 0.1) is 6.10 Å². The molecule has 1 saturated heterocycles. The van der Waals surface area contributed by atoms with Gasteiger partial charge in [0.25, 0.3) is 0 Å². The highest BCUT2D eigenvalue weighted by Crippen LogP contribution is 2.10. The zero-order valence-electron chi connectivity index (χ0n) is 11.2. The van der Waals surface area contributed by atoms with Crippen LogP contribution in [0.1, 0.15) is 19.3 Å². The standard InChI is InChI=1S/C12H23N3O3/c1-15(2)7-4-6-13-11(16)12(17)14-9-10-5-3-8-18-10/h10H,3-9H2,1-2H3,(H,13,16)(H,14,17)/t10-/m0/s1. The van der Waals surface area contributed by atoms with Crippen LogP contribution < -0.4 is 10.6 Å². The van der Waals surface area contributed by atoms with Gasteiger partial charge in [-0.25, -0.2) is 0 Å². The lowest BCUT2D eigenvalue weighted by Gasteiger charge is -2.11. The number of amides is 2. The van der Waals surface area contributed by atoms with Gasteiger partial charge in [-0.2, -0.15) is 0 Å². The molecule has 6 heteroatoms. The number of ether oxygens (including phenoxy) is 1. The summed E-state index contributed by atoms with van der Waals surface area (Å²) >= 11 is 0. The molecule has 0 aliphatic carbocycles. The SMILES string of the molecule is CN(C)CCCNC(=O)C(=O)NC[C@@H]1CCCO1. The van der Waals surface area contributed by atoms with Crippen LogP contribution in [-0.2, 0) is 14.3 Å². The Morgan fingerprint density at radius 1 is 1.28 bits per heavy atom. The maximum absolute atomic E-state index is 11.4. The Labute approximate surface area is 108 Å². The van der Waals surface area contributed by atoms with E-state index in [0.29, 0.717) is 13.1 Å². The summed E-state index contributed by atoms with van der Waals surface area (Å²) in [5.74, 6) is -1.14. The molecule has 0 bridgehead atoms. The molecule has 0 spiro atoms. The Morgan fingerprint density at radius 3 is 2.61 bits per heavy atom. The van der Waals surface area contributed by atoms with Gasteiger partial charge < -0.3 is 20.3 Å². The van der Waals surface area contributed by atoms with Crippen LogP contribution in [0.3, 0.4) is 0 Å². The van der Waals surface area contributed by atoms with Crippen molar-refractivity contribution in [3.8, 4) is 0 Å². The number of carbonyl (C=O) groups excluding carboxylic acids is 2. The first-order valence-corrected chi connectivity index (χ1v) is 6.42. The molecule has 1 heterocycles. The van der Waals surface area contributed by atoms with Gasteiger partial charge in [-0.1, -0.05) is 0 Å². The van der Waals surface area contributed by atoms with Gasteiger partial charge in [-0.05, 0) is 39.9 Å². The summed E-state index contributed by atoms with van der Waals surface area (Å²) in [5, 5.41) is 5.18. The zero-order valence-corrected chi connectivity index (χ0v) is 11.2. The second-order valence-electron chi connectivity index (χ2n) is 4.76. The summed E-state index contributed by atoms with van der Waals surface area (Å²) in [4.78, 5) is 24.9. The van der Waals surface area contributed by atoms with Crippen molar-refractivity contribution in [3.05, 3.63) is 0 Å². The fraction of sp³-hybridized carbons (Fsp3) is 0.833. The maximum atomic E-state index is 11.4. The van der Waals surface area contributed by atoms with E-state index in [0.717, 1.165) is 32.4 Å². The van der Waals surface area contributed by atoms with E-state index in [1.165, 1.54) is 0 Å². The van der Waals surface area contributed by atoms with Crippen molar-refractivity contribution in [2.24, 2.45) is 0 Å². The third kappa shape index (κ3) is 5.97. The summed E-state index contributed by atoms with van der Waals surface area (Å²) in [7, 11) is 3.94. The fourth-order valence-corrected chi connectivity index (χ4v) is 1.77. The highest BCUT2D eigenvalue weighted by molar-refractivity contribution is 6.35. The molecular weight excluding hydrogens is 234 g/mol. The highest BCUT2D eigenvalue weighted by atomic mass is 16.5. The molecule has 1 fully saturated rings. The fourth-order valence-electron chi connectivity index (χ4n) is 1.77. The first-order valence-electron chi connectivity index (χ1n) is 6.42. The second kappa shape index (κ2) is 8.05. The third-order valence-corrected chi connectivity index (χ3v) is 2.79. The molecule has 104 valence electrons. The number of hydrogen-bond acceptors (Lipinski definition) is 4. The lowest BCUT2D eigenvalue weighted by Crippen LogP contribution is -2.43. The predicted molar refractivity (Wildman–Crippen MR) is 68.2 cm³/mol.